The Bertz CT molecular complexity index is 1880. The smallest absolute Gasteiger partial charge is 0.297 e. The third-order valence-electron chi connectivity index (χ3n) is 9.22. The molecule has 1 aliphatic heterocycles. The summed E-state index contributed by atoms with van der Waals surface area (Å²) >= 11 is 0. The summed E-state index contributed by atoms with van der Waals surface area (Å²) in [6.45, 7) is 5.43. The lowest BCUT2D eigenvalue weighted by molar-refractivity contribution is 0.0196. The van der Waals surface area contributed by atoms with E-state index < -0.39 is 45.2 Å². The molecule has 1 aliphatic rings. The largest absolute Gasteiger partial charge is 0.506 e. The summed E-state index contributed by atoms with van der Waals surface area (Å²) in [6, 6.07) is 14.7. The summed E-state index contributed by atoms with van der Waals surface area (Å²) < 4.78 is 46.9. The summed E-state index contributed by atoms with van der Waals surface area (Å²) in [5.41, 5.74) is 0.429. The maximum Gasteiger partial charge on any atom is 0.297 e. The summed E-state index contributed by atoms with van der Waals surface area (Å²) in [5.74, 6) is -3.50. The molecule has 18 nitrogen and oxygen atoms in total. The number of amides is 4. The Hall–Kier alpha value is -5.15. The van der Waals surface area contributed by atoms with Crippen LogP contribution in [-0.2, 0) is 28.5 Å². The highest BCUT2D eigenvalue weighted by Gasteiger charge is 2.22. The Morgan fingerprint density at radius 1 is 0.559 bits per heavy atom. The SMILES string of the molecule is COCCOCCOCCN1CCNC(=O)c2cccc(c2O)C(=O)NCCN(CCOS(=O)(=O)c2ccc(C)cc2)CCNC(=O)c2cccc(c2O)C(=O)NCC1. The van der Waals surface area contributed by atoms with Crippen molar-refractivity contribution in [3.8, 4) is 11.5 Å². The van der Waals surface area contributed by atoms with Gasteiger partial charge in [-0.05, 0) is 43.3 Å². The van der Waals surface area contributed by atoms with Crippen molar-refractivity contribution >= 4 is 33.7 Å². The molecule has 0 saturated carbocycles. The van der Waals surface area contributed by atoms with Crippen LogP contribution in [0, 0.1) is 6.92 Å². The number of phenolic OH excluding ortho intramolecular Hbond substituents is 2. The number of rotatable bonds is 14. The number of methoxy groups -OCH3 is 1. The number of aryl methyl sites for hydroxylation is 1. The second kappa shape index (κ2) is 24.1. The summed E-state index contributed by atoms with van der Waals surface area (Å²) in [5, 5.41) is 32.9. The molecule has 4 rings (SSSR count). The average Bonchev–Trinajstić information content (AvgIpc) is 3.21. The van der Waals surface area contributed by atoms with Crippen LogP contribution in [0.5, 0.6) is 11.5 Å². The number of aromatic hydroxyl groups is 2. The molecule has 0 radical (unpaired) electrons. The number of fused-ring (bicyclic) bond motifs is 4. The van der Waals surface area contributed by atoms with Crippen LogP contribution in [0.1, 0.15) is 47.0 Å². The highest BCUT2D eigenvalue weighted by molar-refractivity contribution is 7.86. The molecular weight excluding hydrogens is 789 g/mol. The topological polar surface area (TPSA) is 234 Å². The van der Waals surface area contributed by atoms with Crippen molar-refractivity contribution in [1.29, 1.82) is 0 Å². The number of hydrogen-bond acceptors (Lipinski definition) is 14. The normalized spacial score (nSPS) is 16.0. The first-order valence-electron chi connectivity index (χ1n) is 19.2. The summed E-state index contributed by atoms with van der Waals surface area (Å²) in [6.07, 6.45) is 0. The zero-order valence-corrected chi connectivity index (χ0v) is 34.2. The van der Waals surface area contributed by atoms with Gasteiger partial charge in [0.25, 0.3) is 33.7 Å². The second-order valence-electron chi connectivity index (χ2n) is 13.4. The Labute approximate surface area is 344 Å². The van der Waals surface area contributed by atoms with Crippen LogP contribution in [0.2, 0.25) is 0 Å². The van der Waals surface area contributed by atoms with E-state index in [9.17, 15) is 37.8 Å². The fourth-order valence-corrected chi connectivity index (χ4v) is 6.79. The van der Waals surface area contributed by atoms with Gasteiger partial charge in [-0.25, -0.2) is 0 Å². The minimum atomic E-state index is -4.06. The molecule has 4 amide bonds. The molecule has 0 spiro atoms. The van der Waals surface area contributed by atoms with E-state index in [0.29, 0.717) is 52.7 Å². The van der Waals surface area contributed by atoms with Crippen LogP contribution in [0.15, 0.2) is 65.6 Å². The summed E-state index contributed by atoms with van der Waals surface area (Å²) in [7, 11) is -2.48. The number of nitrogens with one attached hydrogen (secondary N) is 4. The molecule has 3 aromatic carbocycles. The van der Waals surface area contributed by atoms with E-state index in [-0.39, 0.29) is 79.6 Å². The van der Waals surface area contributed by atoms with Gasteiger partial charge < -0.3 is 45.7 Å². The molecule has 4 bridgehead atoms. The lowest BCUT2D eigenvalue weighted by atomic mass is 10.1. The Kier molecular flexibility index (Phi) is 19.0. The molecule has 0 unspecified atom stereocenters. The highest BCUT2D eigenvalue weighted by atomic mass is 32.2. The molecule has 3 aromatic rings. The number of phenols is 2. The van der Waals surface area contributed by atoms with Gasteiger partial charge in [-0.2, -0.15) is 8.42 Å². The van der Waals surface area contributed by atoms with Crippen molar-refractivity contribution in [2.75, 3.05) is 112 Å². The maximum atomic E-state index is 13.2. The zero-order valence-electron chi connectivity index (χ0n) is 33.4. The van der Waals surface area contributed by atoms with Crippen molar-refractivity contribution in [3.63, 3.8) is 0 Å². The minimum Gasteiger partial charge on any atom is -0.506 e. The van der Waals surface area contributed by atoms with E-state index in [1.165, 1.54) is 48.5 Å². The molecule has 322 valence electrons. The van der Waals surface area contributed by atoms with Crippen molar-refractivity contribution in [3.05, 3.63) is 88.5 Å². The van der Waals surface area contributed by atoms with Gasteiger partial charge in [0.05, 0.1) is 66.8 Å². The number of ether oxygens (including phenoxy) is 3. The van der Waals surface area contributed by atoms with Crippen molar-refractivity contribution in [1.82, 2.24) is 31.1 Å². The van der Waals surface area contributed by atoms with Crippen LogP contribution < -0.4 is 21.3 Å². The molecule has 0 aliphatic carbocycles. The minimum absolute atomic E-state index is 0.00257. The highest BCUT2D eigenvalue weighted by Crippen LogP contribution is 2.23. The van der Waals surface area contributed by atoms with Crippen LogP contribution >= 0.6 is 0 Å². The quantitative estimate of drug-likeness (QED) is 0.0971. The number of hydrogen-bond donors (Lipinski definition) is 6. The van der Waals surface area contributed by atoms with E-state index in [1.807, 2.05) is 11.8 Å². The predicted octanol–water partition coefficient (Wildman–Crippen LogP) is 0.728. The third-order valence-corrected chi connectivity index (χ3v) is 10.5. The average molecular weight is 843 g/mol. The third kappa shape index (κ3) is 14.9. The van der Waals surface area contributed by atoms with E-state index >= 15 is 0 Å². The lowest BCUT2D eigenvalue weighted by Gasteiger charge is -2.23. The zero-order chi connectivity index (χ0) is 42.6. The first kappa shape index (κ1) is 46.5. The van der Waals surface area contributed by atoms with Gasteiger partial charge in [0.2, 0.25) is 0 Å². The van der Waals surface area contributed by atoms with Gasteiger partial charge in [0.1, 0.15) is 11.5 Å². The van der Waals surface area contributed by atoms with E-state index in [4.69, 9.17) is 18.4 Å². The number of nitrogens with zero attached hydrogens (tertiary/aromatic N) is 2. The molecule has 1 heterocycles. The van der Waals surface area contributed by atoms with Gasteiger partial charge in [-0.1, -0.05) is 29.8 Å². The Morgan fingerprint density at radius 2 is 0.932 bits per heavy atom. The first-order valence-corrected chi connectivity index (χ1v) is 20.6. The molecule has 6 N–H and O–H groups in total. The van der Waals surface area contributed by atoms with Crippen molar-refractivity contribution < 1.29 is 56.2 Å². The van der Waals surface area contributed by atoms with Crippen LogP contribution in [0.4, 0.5) is 0 Å². The van der Waals surface area contributed by atoms with Crippen LogP contribution in [0.25, 0.3) is 0 Å². The summed E-state index contributed by atoms with van der Waals surface area (Å²) in [4.78, 5) is 56.5. The number of benzene rings is 3. The molecule has 0 atom stereocenters. The monoisotopic (exact) mass is 842 g/mol. The first-order chi connectivity index (χ1) is 28.4. The van der Waals surface area contributed by atoms with Gasteiger partial charge in [-0.3, -0.25) is 33.2 Å². The predicted molar refractivity (Wildman–Crippen MR) is 216 cm³/mol. The molecule has 0 aromatic heterocycles. The fourth-order valence-electron chi connectivity index (χ4n) is 5.89. The van der Waals surface area contributed by atoms with Crippen LogP contribution in [0.3, 0.4) is 0 Å². The molecule has 59 heavy (non-hydrogen) atoms. The van der Waals surface area contributed by atoms with Crippen molar-refractivity contribution in [2.45, 2.75) is 11.8 Å². The standard InChI is InChI=1S/C40H54N6O12S/c1-29-9-11-30(12-10-29)59(53,54)58-24-22-46-19-15-43-39(51)33-7-3-5-31(35(33)47)37(49)41-13-17-45(21-23-56-27-28-57-26-25-55-2)18-14-42-38(50)32-6-4-8-34(36(32)48)40(52)44-16-20-46/h3-12,47-48H,13-28H2,1-2H3,(H,41,49)(H,42,50)(H,43,51)(H,44,52). The molecule has 19 heteroatoms. The maximum absolute atomic E-state index is 13.2. The van der Waals surface area contributed by atoms with Crippen LogP contribution in [-0.4, -0.2) is 164 Å². The van der Waals surface area contributed by atoms with E-state index in [1.54, 1.807) is 24.1 Å². The lowest BCUT2D eigenvalue weighted by Crippen LogP contribution is -2.41. The Morgan fingerprint density at radius 3 is 1.34 bits per heavy atom. The Balaban J connectivity index is 1.47. The van der Waals surface area contributed by atoms with E-state index in [2.05, 4.69) is 21.3 Å². The van der Waals surface area contributed by atoms with Gasteiger partial charge in [0.15, 0.2) is 0 Å². The molecule has 0 saturated heterocycles. The number of carbonyl (C=O) groups is 4. The van der Waals surface area contributed by atoms with Gasteiger partial charge in [0, 0.05) is 72.6 Å². The van der Waals surface area contributed by atoms with Gasteiger partial charge >= 0.3 is 0 Å². The number of carbonyl (C=O) groups excluding carboxylic acids is 4. The molecular formula is C40H54N6O12S. The number of para-hydroxylation sites is 2. The second-order valence-corrected chi connectivity index (χ2v) is 15.0. The van der Waals surface area contributed by atoms with Gasteiger partial charge in [-0.15, -0.1) is 0 Å². The van der Waals surface area contributed by atoms with E-state index in [0.717, 1.165) is 5.56 Å². The fraction of sp³-hybridized carbons (Fsp3) is 0.450. The molecule has 0 fully saturated rings. The van der Waals surface area contributed by atoms with Crippen molar-refractivity contribution in [2.24, 2.45) is 0 Å².